The van der Waals surface area contributed by atoms with Crippen LogP contribution in [0.15, 0.2) is 0 Å². The second-order valence-corrected chi connectivity index (χ2v) is 7.79. The van der Waals surface area contributed by atoms with Crippen molar-refractivity contribution < 1.29 is 9.53 Å². The van der Waals surface area contributed by atoms with Crippen molar-refractivity contribution in [1.82, 2.24) is 4.90 Å². The van der Waals surface area contributed by atoms with Crippen molar-refractivity contribution in [2.45, 2.75) is 116 Å². The van der Waals surface area contributed by atoms with E-state index < -0.39 is 0 Å². The van der Waals surface area contributed by atoms with Gasteiger partial charge in [0.2, 0.25) is 0 Å². The van der Waals surface area contributed by atoms with Crippen LogP contribution in [-0.4, -0.2) is 36.6 Å². The molecule has 25 heavy (non-hydrogen) atoms. The summed E-state index contributed by atoms with van der Waals surface area (Å²) in [4.78, 5) is 14.2. The van der Waals surface area contributed by atoms with Crippen LogP contribution in [0, 0.1) is 0 Å². The number of ether oxygens (including phenoxy) is 1. The Morgan fingerprint density at radius 1 is 0.840 bits per heavy atom. The van der Waals surface area contributed by atoms with E-state index in [1.54, 1.807) is 0 Å². The average Bonchev–Trinajstić information content (AvgIpc) is 3.06. The molecule has 3 nitrogen and oxygen atoms in total. The van der Waals surface area contributed by atoms with Crippen LogP contribution in [0.2, 0.25) is 0 Å². The van der Waals surface area contributed by atoms with Crippen LogP contribution in [0.3, 0.4) is 0 Å². The minimum atomic E-state index is 0.0195. The Morgan fingerprint density at radius 3 is 1.84 bits per heavy atom. The quantitative estimate of drug-likeness (QED) is 0.248. The van der Waals surface area contributed by atoms with Gasteiger partial charge in [0, 0.05) is 19.5 Å². The zero-order valence-corrected chi connectivity index (χ0v) is 17.1. The maximum absolute atomic E-state index is 11.9. The van der Waals surface area contributed by atoms with E-state index in [9.17, 15) is 4.79 Å². The zero-order chi connectivity index (χ0) is 18.2. The lowest BCUT2D eigenvalue weighted by molar-refractivity contribution is -0.148. The van der Waals surface area contributed by atoms with Gasteiger partial charge in [-0.05, 0) is 19.4 Å². The highest BCUT2D eigenvalue weighted by molar-refractivity contribution is 5.69. The van der Waals surface area contributed by atoms with Crippen LogP contribution in [0.5, 0.6) is 0 Å². The van der Waals surface area contributed by atoms with Crippen molar-refractivity contribution in [2.24, 2.45) is 0 Å². The molecule has 1 rings (SSSR count). The number of nitrogens with zero attached hydrogens (tertiary/aromatic N) is 1. The maximum Gasteiger partial charge on any atom is 0.306 e. The first-order valence-electron chi connectivity index (χ1n) is 11.2. The van der Waals surface area contributed by atoms with Gasteiger partial charge in [0.05, 0.1) is 0 Å². The molecule has 1 heterocycles. The smallest absolute Gasteiger partial charge is 0.306 e. The molecular formula is C22H43NO2. The predicted molar refractivity (Wildman–Crippen MR) is 107 cm³/mol. The van der Waals surface area contributed by atoms with Gasteiger partial charge >= 0.3 is 5.97 Å². The minimum Gasteiger partial charge on any atom is -0.461 e. The topological polar surface area (TPSA) is 29.5 Å². The lowest BCUT2D eigenvalue weighted by Crippen LogP contribution is -2.24. The number of carbonyl (C=O) groups is 1. The summed E-state index contributed by atoms with van der Waals surface area (Å²) < 4.78 is 5.57. The number of rotatable bonds is 16. The third-order valence-electron chi connectivity index (χ3n) is 5.46. The fraction of sp³-hybridized carbons (Fsp3) is 0.955. The molecule has 0 bridgehead atoms. The van der Waals surface area contributed by atoms with Gasteiger partial charge in [0.25, 0.3) is 0 Å². The van der Waals surface area contributed by atoms with Gasteiger partial charge < -0.3 is 4.74 Å². The van der Waals surface area contributed by atoms with Crippen LogP contribution in [0.4, 0.5) is 0 Å². The number of likely N-dealkylation sites (tertiary alicyclic amines) is 1. The second-order valence-electron chi connectivity index (χ2n) is 7.79. The van der Waals surface area contributed by atoms with Gasteiger partial charge in [-0.3, -0.25) is 9.69 Å². The van der Waals surface area contributed by atoms with E-state index in [-0.39, 0.29) is 12.1 Å². The molecule has 0 aliphatic carbocycles. The highest BCUT2D eigenvalue weighted by Gasteiger charge is 2.23. The van der Waals surface area contributed by atoms with E-state index in [2.05, 4.69) is 18.7 Å². The third-order valence-corrected chi connectivity index (χ3v) is 5.46. The van der Waals surface area contributed by atoms with E-state index >= 15 is 0 Å². The van der Waals surface area contributed by atoms with Crippen molar-refractivity contribution in [2.75, 3.05) is 19.6 Å². The maximum atomic E-state index is 11.9. The lowest BCUT2D eigenvalue weighted by atomic mass is 10.0. The van der Waals surface area contributed by atoms with Gasteiger partial charge in [0.1, 0.15) is 6.10 Å². The number of hydrogen-bond donors (Lipinski definition) is 0. The van der Waals surface area contributed by atoms with Crippen molar-refractivity contribution in [3.8, 4) is 0 Å². The van der Waals surface area contributed by atoms with Gasteiger partial charge in [-0.2, -0.15) is 0 Å². The van der Waals surface area contributed by atoms with Crippen LogP contribution in [0.25, 0.3) is 0 Å². The summed E-state index contributed by atoms with van der Waals surface area (Å²) in [5, 5.41) is 0. The molecule has 0 N–H and O–H groups in total. The monoisotopic (exact) mass is 353 g/mol. The Labute approximate surface area is 156 Å². The number of carbonyl (C=O) groups excluding carboxylic acids is 1. The number of likely N-dealkylation sites (N-methyl/N-ethyl adjacent to an activating group) is 1. The summed E-state index contributed by atoms with van der Waals surface area (Å²) in [5.41, 5.74) is 0. The molecule has 1 aliphatic rings. The zero-order valence-electron chi connectivity index (χ0n) is 17.1. The number of unbranched alkanes of at least 4 members (excludes halogenated alkanes) is 12. The molecule has 3 heteroatoms. The van der Waals surface area contributed by atoms with Crippen molar-refractivity contribution in [3.05, 3.63) is 0 Å². The predicted octanol–water partition coefficient (Wildman–Crippen LogP) is 6.11. The summed E-state index contributed by atoms with van der Waals surface area (Å²) in [6.07, 6.45) is 19.2. The summed E-state index contributed by atoms with van der Waals surface area (Å²) in [6, 6.07) is 0. The Balaban J connectivity index is 1.79. The van der Waals surface area contributed by atoms with Crippen LogP contribution in [0.1, 0.15) is 110 Å². The molecule has 1 saturated heterocycles. The summed E-state index contributed by atoms with van der Waals surface area (Å²) in [5.74, 6) is 0.0195. The van der Waals surface area contributed by atoms with Gasteiger partial charge in [-0.15, -0.1) is 0 Å². The summed E-state index contributed by atoms with van der Waals surface area (Å²) >= 11 is 0. The van der Waals surface area contributed by atoms with E-state index in [4.69, 9.17) is 4.74 Å². The molecule has 0 aromatic carbocycles. The minimum absolute atomic E-state index is 0.0195. The molecule has 1 aliphatic heterocycles. The van der Waals surface area contributed by atoms with Crippen molar-refractivity contribution in [1.29, 1.82) is 0 Å². The molecule has 1 fully saturated rings. The molecule has 148 valence electrons. The molecule has 0 spiro atoms. The first kappa shape index (κ1) is 22.5. The second kappa shape index (κ2) is 15.7. The number of hydrogen-bond acceptors (Lipinski definition) is 3. The fourth-order valence-electron chi connectivity index (χ4n) is 3.71. The standard InChI is InChI=1S/C22H43NO2/c1-3-5-6-7-8-9-10-11-12-13-14-15-16-17-22(24)25-21-18-19-23(4-2)20-21/h21H,3-20H2,1-2H3. The average molecular weight is 354 g/mol. The van der Waals surface area contributed by atoms with E-state index in [0.29, 0.717) is 6.42 Å². The van der Waals surface area contributed by atoms with Crippen molar-refractivity contribution >= 4 is 5.97 Å². The van der Waals surface area contributed by atoms with Crippen molar-refractivity contribution in [3.63, 3.8) is 0 Å². The summed E-state index contributed by atoms with van der Waals surface area (Å²) in [6.45, 7) is 7.51. The van der Waals surface area contributed by atoms with E-state index in [1.807, 2.05) is 0 Å². The Hall–Kier alpha value is -0.570. The molecule has 1 unspecified atom stereocenters. The van der Waals surface area contributed by atoms with E-state index in [1.165, 1.54) is 77.0 Å². The Bertz CT molecular complexity index is 319. The largest absolute Gasteiger partial charge is 0.461 e. The molecular weight excluding hydrogens is 310 g/mol. The first-order valence-corrected chi connectivity index (χ1v) is 11.2. The van der Waals surface area contributed by atoms with Gasteiger partial charge in [-0.25, -0.2) is 0 Å². The molecule has 0 radical (unpaired) electrons. The molecule has 0 aromatic heterocycles. The van der Waals surface area contributed by atoms with Gasteiger partial charge in [-0.1, -0.05) is 90.9 Å². The Morgan fingerprint density at radius 2 is 1.36 bits per heavy atom. The molecule has 0 saturated carbocycles. The fourth-order valence-corrected chi connectivity index (χ4v) is 3.71. The third kappa shape index (κ3) is 12.4. The van der Waals surface area contributed by atoms with Crippen LogP contribution < -0.4 is 0 Å². The highest BCUT2D eigenvalue weighted by Crippen LogP contribution is 2.15. The Kier molecular flexibility index (Phi) is 14.1. The lowest BCUT2D eigenvalue weighted by Gasteiger charge is -2.13. The molecule has 0 aromatic rings. The molecule has 1 atom stereocenters. The van der Waals surface area contributed by atoms with Gasteiger partial charge in [0.15, 0.2) is 0 Å². The number of esters is 1. The highest BCUT2D eigenvalue weighted by atomic mass is 16.5. The summed E-state index contributed by atoms with van der Waals surface area (Å²) in [7, 11) is 0. The first-order chi connectivity index (χ1) is 12.3. The van der Waals surface area contributed by atoms with Crippen LogP contribution >= 0.6 is 0 Å². The van der Waals surface area contributed by atoms with E-state index in [0.717, 1.165) is 32.5 Å². The molecule has 0 amide bonds. The van der Waals surface area contributed by atoms with Crippen LogP contribution in [-0.2, 0) is 9.53 Å². The normalized spacial score (nSPS) is 17.9. The SMILES string of the molecule is CCCCCCCCCCCCCCCC(=O)OC1CCN(CC)C1.